The van der Waals surface area contributed by atoms with Gasteiger partial charge in [-0.3, -0.25) is 4.79 Å². The molecule has 56 heavy (non-hydrogen) atoms. The van der Waals surface area contributed by atoms with Crippen molar-refractivity contribution in [3.8, 4) is 34.5 Å². The van der Waals surface area contributed by atoms with E-state index in [0.29, 0.717) is 5.56 Å². The van der Waals surface area contributed by atoms with Gasteiger partial charge in [0.25, 0.3) is 0 Å². The highest BCUT2D eigenvalue weighted by molar-refractivity contribution is 6.06. The molecular weight excluding hydrogens is 748 g/mol. The summed E-state index contributed by atoms with van der Waals surface area (Å²) >= 11 is 0. The third kappa shape index (κ3) is 8.37. The molecule has 0 radical (unpaired) electrons. The van der Waals surface area contributed by atoms with Crippen LogP contribution < -0.4 is 14.2 Å². The van der Waals surface area contributed by atoms with Gasteiger partial charge in [-0.25, -0.2) is 4.79 Å². The van der Waals surface area contributed by atoms with E-state index >= 15 is 0 Å². The lowest BCUT2D eigenvalue weighted by Crippen LogP contribution is -2.60. The number of aromatic hydroxyl groups is 3. The molecule has 3 heterocycles. The molecular formula is C37H40O19. The van der Waals surface area contributed by atoms with Gasteiger partial charge >= 0.3 is 5.97 Å². The Bertz CT molecular complexity index is 1900. The molecule has 3 aromatic rings. The molecule has 12 atom stereocenters. The molecule has 0 spiro atoms. The van der Waals surface area contributed by atoms with Crippen LogP contribution >= 0.6 is 0 Å². The van der Waals surface area contributed by atoms with E-state index in [1.54, 1.807) is 12.1 Å². The number of fused-ring (bicyclic) bond motifs is 1. The van der Waals surface area contributed by atoms with E-state index in [-0.39, 0.29) is 34.3 Å². The molecule has 0 amide bonds. The number of benzene rings is 3. The Kier molecular flexibility index (Phi) is 12.3. The number of aliphatic hydroxyl groups excluding tert-OH is 7. The van der Waals surface area contributed by atoms with E-state index in [1.165, 1.54) is 43.5 Å². The van der Waals surface area contributed by atoms with Crippen LogP contribution in [0.25, 0.3) is 6.08 Å². The predicted molar refractivity (Wildman–Crippen MR) is 185 cm³/mol. The smallest absolute Gasteiger partial charge is 0.330 e. The van der Waals surface area contributed by atoms with Gasteiger partial charge < -0.3 is 84.2 Å². The summed E-state index contributed by atoms with van der Waals surface area (Å²) in [5.41, 5.74) is 0.265. The molecule has 302 valence electrons. The summed E-state index contributed by atoms with van der Waals surface area (Å²) in [7, 11) is 1.27. The first-order valence-corrected chi connectivity index (χ1v) is 17.1. The van der Waals surface area contributed by atoms with Gasteiger partial charge in [0.05, 0.1) is 13.7 Å². The van der Waals surface area contributed by atoms with Crippen LogP contribution in [0.15, 0.2) is 60.7 Å². The number of rotatable bonds is 11. The number of phenolic OH excluding ortho intramolecular Hbond substituents is 3. The van der Waals surface area contributed by atoms with Crippen molar-refractivity contribution in [1.82, 2.24) is 0 Å². The predicted octanol–water partition coefficient (Wildman–Crippen LogP) is -1.24. The molecule has 3 aliphatic heterocycles. The van der Waals surface area contributed by atoms with E-state index in [1.807, 2.05) is 0 Å². The Balaban J connectivity index is 1.25. The van der Waals surface area contributed by atoms with Crippen molar-refractivity contribution >= 4 is 17.8 Å². The number of ketones is 1. The Morgan fingerprint density at radius 3 is 2.12 bits per heavy atom. The van der Waals surface area contributed by atoms with Crippen LogP contribution in [-0.4, -0.2) is 151 Å². The van der Waals surface area contributed by atoms with E-state index < -0.39 is 110 Å². The normalized spacial score (nSPS) is 31.7. The maximum atomic E-state index is 14.2. The molecule has 2 saturated heterocycles. The number of carbonyl (C=O) groups excluding carboxylic acids is 2. The number of Topliss-reactive ketones (excluding diaryl/α,β-unsaturated/α-hetero) is 1. The third-order valence-corrected chi connectivity index (χ3v) is 9.37. The first-order valence-electron chi connectivity index (χ1n) is 17.1. The van der Waals surface area contributed by atoms with Gasteiger partial charge in [0.15, 0.2) is 30.0 Å². The minimum Gasteiger partial charge on any atom is -0.508 e. The molecule has 10 N–H and O–H groups in total. The molecule has 19 heteroatoms. The highest BCUT2D eigenvalue weighted by Crippen LogP contribution is 2.45. The van der Waals surface area contributed by atoms with Crippen LogP contribution in [0.1, 0.15) is 27.6 Å². The monoisotopic (exact) mass is 788 g/mol. The minimum atomic E-state index is -1.97. The zero-order chi connectivity index (χ0) is 40.4. The average Bonchev–Trinajstić information content (AvgIpc) is 3.18. The molecule has 0 saturated carbocycles. The van der Waals surface area contributed by atoms with E-state index in [2.05, 4.69) is 0 Å². The van der Waals surface area contributed by atoms with E-state index in [4.69, 9.17) is 33.2 Å². The lowest BCUT2D eigenvalue weighted by Gasteiger charge is -2.42. The molecule has 2 fully saturated rings. The highest BCUT2D eigenvalue weighted by Gasteiger charge is 2.50. The standard InChI is InChI=1S/C37H40O19/c1-50-21-10-16(5-8-19(21)40)34-35(29(45)26-20(41)11-18(12-22(26)53-34)52-36-32(48)30(46)27(43)23(13-38)54-36)56-37-33(49)31(47)28(44)24(55-37)14-51-25(42)9-4-15-2-6-17(39)7-3-15/h2-12,23-24,27-28,30-41,43-44,46-49H,13-14H2,1H3. The first kappa shape index (κ1) is 40.6. The summed E-state index contributed by atoms with van der Waals surface area (Å²) in [5, 5.41) is 103. The van der Waals surface area contributed by atoms with Crippen molar-refractivity contribution < 1.29 is 93.8 Å². The van der Waals surface area contributed by atoms with Crippen molar-refractivity contribution in [3.05, 3.63) is 77.4 Å². The molecule has 3 aliphatic rings. The van der Waals surface area contributed by atoms with Crippen LogP contribution in [0.4, 0.5) is 0 Å². The van der Waals surface area contributed by atoms with Crippen LogP contribution in [0.5, 0.6) is 34.5 Å². The quantitative estimate of drug-likeness (QED) is 0.0802. The largest absolute Gasteiger partial charge is 0.508 e. The number of phenols is 3. The zero-order valence-electron chi connectivity index (χ0n) is 29.3. The first-order chi connectivity index (χ1) is 26.7. The number of hydrogen-bond acceptors (Lipinski definition) is 19. The molecule has 19 nitrogen and oxygen atoms in total. The van der Waals surface area contributed by atoms with Crippen LogP contribution in [0, 0.1) is 0 Å². The lowest BCUT2D eigenvalue weighted by molar-refractivity contribution is -0.312. The maximum Gasteiger partial charge on any atom is 0.330 e. The summed E-state index contributed by atoms with van der Waals surface area (Å²) in [6.45, 7) is -1.38. The van der Waals surface area contributed by atoms with Gasteiger partial charge in [0.1, 0.15) is 84.0 Å². The number of carbonyl (C=O) groups is 2. The Morgan fingerprint density at radius 2 is 1.45 bits per heavy atom. The van der Waals surface area contributed by atoms with Gasteiger partial charge in [-0.1, -0.05) is 18.2 Å². The molecule has 0 aliphatic carbocycles. The van der Waals surface area contributed by atoms with Crippen molar-refractivity contribution in [3.63, 3.8) is 0 Å². The van der Waals surface area contributed by atoms with Gasteiger partial charge in [-0.15, -0.1) is 0 Å². The van der Waals surface area contributed by atoms with Gasteiger partial charge in [0, 0.05) is 18.2 Å². The fourth-order valence-electron chi connectivity index (χ4n) is 6.28. The maximum absolute atomic E-state index is 14.2. The second-order valence-corrected chi connectivity index (χ2v) is 13.1. The third-order valence-electron chi connectivity index (χ3n) is 9.37. The van der Waals surface area contributed by atoms with Crippen LogP contribution in [-0.2, 0) is 23.7 Å². The number of methoxy groups -OCH3 is 1. The SMILES string of the molecule is COc1cc(C2Oc3cc(OC4OC(CO)C(O)C(O)C4O)cc(O)c3C(=O)C2OC2OC(COC(=O)C=Cc3ccc(O)cc3)C(O)C(O)C2O)ccc1O. The minimum absolute atomic E-state index is 0.0242. The zero-order valence-corrected chi connectivity index (χ0v) is 29.3. The second kappa shape index (κ2) is 17.0. The fourth-order valence-corrected chi connectivity index (χ4v) is 6.28. The molecule has 3 aromatic carbocycles. The number of esters is 1. The summed E-state index contributed by atoms with van der Waals surface area (Å²) in [6.07, 6.45) is -18.1. The fraction of sp³-hybridized carbons (Fsp3) is 0.405. The number of aliphatic hydroxyl groups is 7. The Hall–Kier alpha value is -5.06. The van der Waals surface area contributed by atoms with Crippen LogP contribution in [0.3, 0.4) is 0 Å². The van der Waals surface area contributed by atoms with E-state index in [9.17, 15) is 60.7 Å². The number of hydrogen-bond donors (Lipinski definition) is 10. The molecule has 0 bridgehead atoms. The Labute approximate surface area is 317 Å². The Morgan fingerprint density at radius 1 is 0.786 bits per heavy atom. The van der Waals surface area contributed by atoms with Crippen molar-refractivity contribution in [2.75, 3.05) is 20.3 Å². The second-order valence-electron chi connectivity index (χ2n) is 13.1. The van der Waals surface area contributed by atoms with Gasteiger partial charge in [0.2, 0.25) is 12.1 Å². The van der Waals surface area contributed by atoms with Gasteiger partial charge in [-0.2, -0.15) is 0 Å². The highest BCUT2D eigenvalue weighted by atomic mass is 16.7. The van der Waals surface area contributed by atoms with E-state index in [0.717, 1.165) is 18.2 Å². The molecule has 12 unspecified atom stereocenters. The van der Waals surface area contributed by atoms with Crippen molar-refractivity contribution in [2.24, 2.45) is 0 Å². The lowest BCUT2D eigenvalue weighted by atomic mass is 9.92. The summed E-state index contributed by atoms with van der Waals surface area (Å²) in [6, 6.07) is 11.9. The number of ether oxygens (including phenoxy) is 7. The summed E-state index contributed by atoms with van der Waals surface area (Å²) in [4.78, 5) is 26.6. The summed E-state index contributed by atoms with van der Waals surface area (Å²) in [5.74, 6) is -3.38. The summed E-state index contributed by atoms with van der Waals surface area (Å²) < 4.78 is 39.2. The molecule has 0 aromatic heterocycles. The van der Waals surface area contributed by atoms with Crippen molar-refractivity contribution in [1.29, 1.82) is 0 Å². The average molecular weight is 789 g/mol. The van der Waals surface area contributed by atoms with Gasteiger partial charge in [-0.05, 0) is 41.5 Å². The topological polar surface area (TPSA) is 301 Å². The molecule has 6 rings (SSSR count). The van der Waals surface area contributed by atoms with Crippen molar-refractivity contribution in [2.45, 2.75) is 73.6 Å². The van der Waals surface area contributed by atoms with Crippen LogP contribution in [0.2, 0.25) is 0 Å².